The van der Waals surface area contributed by atoms with Gasteiger partial charge in [-0.25, -0.2) is 4.57 Å². The van der Waals surface area contributed by atoms with Gasteiger partial charge in [-0.2, -0.15) is 0 Å². The van der Waals surface area contributed by atoms with Gasteiger partial charge in [0.1, 0.15) is 11.5 Å². The molecular weight excluding hydrogens is 413 g/mol. The Morgan fingerprint density at radius 3 is 1.85 bits per heavy atom. The molecule has 26 heavy (non-hydrogen) atoms. The molecule has 0 amide bonds. The van der Waals surface area contributed by atoms with Crippen LogP contribution >= 0.6 is 23.7 Å². The SMILES string of the molecule is Cc1cccc(OP(=O)(Nc2ccccc2Br)Oc2cccc(C)c2)c1. The van der Waals surface area contributed by atoms with Gasteiger partial charge in [-0.1, -0.05) is 36.4 Å². The number of halogens is 1. The minimum atomic E-state index is -3.73. The Labute approximate surface area is 161 Å². The molecule has 0 aliphatic carbocycles. The Hall–Kier alpha value is -2.23. The molecule has 0 heterocycles. The van der Waals surface area contributed by atoms with Crippen LogP contribution in [0.25, 0.3) is 0 Å². The summed E-state index contributed by atoms with van der Waals surface area (Å²) >= 11 is 3.45. The molecule has 3 rings (SSSR count). The van der Waals surface area contributed by atoms with E-state index in [0.717, 1.165) is 15.6 Å². The van der Waals surface area contributed by atoms with Crippen molar-refractivity contribution in [2.45, 2.75) is 13.8 Å². The van der Waals surface area contributed by atoms with Gasteiger partial charge in [0.05, 0.1) is 5.69 Å². The van der Waals surface area contributed by atoms with Gasteiger partial charge in [-0.05, 0) is 77.3 Å². The van der Waals surface area contributed by atoms with Crippen LogP contribution < -0.4 is 14.1 Å². The van der Waals surface area contributed by atoms with E-state index in [4.69, 9.17) is 9.05 Å². The first-order valence-corrected chi connectivity index (χ1v) is 10.4. The van der Waals surface area contributed by atoms with E-state index < -0.39 is 7.75 Å². The molecule has 0 saturated heterocycles. The molecule has 134 valence electrons. The number of aryl methyl sites for hydroxylation is 2. The lowest BCUT2D eigenvalue weighted by atomic mass is 10.2. The number of para-hydroxylation sites is 1. The predicted molar refractivity (Wildman–Crippen MR) is 109 cm³/mol. The molecule has 6 heteroatoms. The number of nitrogens with one attached hydrogen (secondary N) is 1. The summed E-state index contributed by atoms with van der Waals surface area (Å²) in [6.07, 6.45) is 0. The van der Waals surface area contributed by atoms with Gasteiger partial charge < -0.3 is 9.05 Å². The number of benzene rings is 3. The minimum absolute atomic E-state index is 0.473. The van der Waals surface area contributed by atoms with E-state index in [-0.39, 0.29) is 0 Å². The van der Waals surface area contributed by atoms with E-state index in [1.54, 1.807) is 18.2 Å². The van der Waals surface area contributed by atoms with Crippen LogP contribution in [0.4, 0.5) is 5.69 Å². The highest BCUT2D eigenvalue weighted by Gasteiger charge is 2.30. The summed E-state index contributed by atoms with van der Waals surface area (Å²) in [5.41, 5.74) is 2.63. The lowest BCUT2D eigenvalue weighted by molar-refractivity contribution is 0.392. The zero-order valence-electron chi connectivity index (χ0n) is 14.5. The fourth-order valence-electron chi connectivity index (χ4n) is 2.39. The molecule has 0 bridgehead atoms. The Morgan fingerprint density at radius 1 is 0.808 bits per heavy atom. The summed E-state index contributed by atoms with van der Waals surface area (Å²) in [4.78, 5) is 0. The summed E-state index contributed by atoms with van der Waals surface area (Å²) in [5.74, 6) is 0.945. The molecular formula is C20H19BrNO3P. The first-order chi connectivity index (χ1) is 12.4. The number of anilines is 1. The second kappa shape index (κ2) is 7.98. The molecule has 3 aromatic carbocycles. The average molecular weight is 432 g/mol. The molecule has 3 aromatic rings. The van der Waals surface area contributed by atoms with E-state index in [2.05, 4.69) is 21.0 Å². The van der Waals surface area contributed by atoms with Gasteiger partial charge in [0, 0.05) is 4.47 Å². The van der Waals surface area contributed by atoms with Crippen LogP contribution in [0.3, 0.4) is 0 Å². The fraction of sp³-hybridized carbons (Fsp3) is 0.100. The highest BCUT2D eigenvalue weighted by atomic mass is 79.9. The molecule has 0 spiro atoms. The van der Waals surface area contributed by atoms with Crippen LogP contribution in [-0.2, 0) is 4.57 Å². The number of rotatable bonds is 6. The van der Waals surface area contributed by atoms with Crippen LogP contribution in [0, 0.1) is 13.8 Å². The van der Waals surface area contributed by atoms with Crippen molar-refractivity contribution in [2.24, 2.45) is 0 Å². The molecule has 0 aliphatic rings. The topological polar surface area (TPSA) is 47.6 Å². The molecule has 0 saturated carbocycles. The summed E-state index contributed by atoms with van der Waals surface area (Å²) < 4.78 is 25.9. The molecule has 0 fully saturated rings. The molecule has 4 nitrogen and oxygen atoms in total. The molecule has 0 aromatic heterocycles. The Balaban J connectivity index is 1.94. The quantitative estimate of drug-likeness (QED) is 0.438. The molecule has 0 unspecified atom stereocenters. The van der Waals surface area contributed by atoms with E-state index >= 15 is 0 Å². The van der Waals surface area contributed by atoms with Crippen molar-refractivity contribution in [3.8, 4) is 11.5 Å². The van der Waals surface area contributed by atoms with Crippen molar-refractivity contribution in [1.82, 2.24) is 0 Å². The summed E-state index contributed by atoms with van der Waals surface area (Å²) in [5, 5.41) is 2.92. The highest BCUT2D eigenvalue weighted by molar-refractivity contribution is 9.10. The second-order valence-corrected chi connectivity index (χ2v) is 8.34. The van der Waals surface area contributed by atoms with Gasteiger partial charge in [0.15, 0.2) is 0 Å². The molecule has 0 aliphatic heterocycles. The number of hydrogen-bond donors (Lipinski definition) is 1. The lowest BCUT2D eigenvalue weighted by Crippen LogP contribution is -2.10. The summed E-state index contributed by atoms with van der Waals surface area (Å²) in [6.45, 7) is 3.89. The third-order valence-electron chi connectivity index (χ3n) is 3.56. The van der Waals surface area contributed by atoms with Crippen LogP contribution in [0.1, 0.15) is 11.1 Å². The normalized spacial score (nSPS) is 11.0. The van der Waals surface area contributed by atoms with E-state index in [1.807, 2.05) is 68.4 Å². The van der Waals surface area contributed by atoms with Gasteiger partial charge in [-0.15, -0.1) is 0 Å². The van der Waals surface area contributed by atoms with Crippen molar-refractivity contribution in [2.75, 3.05) is 5.09 Å². The Morgan fingerprint density at radius 2 is 1.35 bits per heavy atom. The minimum Gasteiger partial charge on any atom is -0.400 e. The zero-order valence-corrected chi connectivity index (χ0v) is 17.0. The third kappa shape index (κ3) is 4.90. The monoisotopic (exact) mass is 431 g/mol. The summed E-state index contributed by atoms with van der Waals surface area (Å²) in [6, 6.07) is 22.1. The maximum absolute atomic E-state index is 13.5. The van der Waals surface area contributed by atoms with Crippen molar-refractivity contribution in [3.63, 3.8) is 0 Å². The molecule has 0 atom stereocenters. The largest absolute Gasteiger partial charge is 0.541 e. The average Bonchev–Trinajstić information content (AvgIpc) is 2.57. The van der Waals surface area contributed by atoms with E-state index in [1.165, 1.54) is 0 Å². The predicted octanol–water partition coefficient (Wildman–Crippen LogP) is 6.74. The standard InChI is InChI=1S/C20H19BrNO3P/c1-15-7-5-9-17(13-15)24-26(23,22-20-12-4-3-11-19(20)21)25-18-10-6-8-16(2)14-18/h3-14H,1-2H3,(H,22,23). The number of hydrogen-bond acceptors (Lipinski definition) is 3. The molecule has 0 radical (unpaired) electrons. The fourth-order valence-corrected chi connectivity index (χ4v) is 4.32. The van der Waals surface area contributed by atoms with Crippen LogP contribution in [0.2, 0.25) is 0 Å². The maximum atomic E-state index is 13.5. The first-order valence-electron chi connectivity index (χ1n) is 8.09. The maximum Gasteiger partial charge on any atom is 0.541 e. The van der Waals surface area contributed by atoms with Crippen LogP contribution in [0.5, 0.6) is 11.5 Å². The van der Waals surface area contributed by atoms with Gasteiger partial charge >= 0.3 is 7.75 Å². The lowest BCUT2D eigenvalue weighted by Gasteiger charge is -2.22. The smallest absolute Gasteiger partial charge is 0.400 e. The van der Waals surface area contributed by atoms with Crippen molar-refractivity contribution < 1.29 is 13.6 Å². The first kappa shape index (κ1) is 18.6. The highest BCUT2D eigenvalue weighted by Crippen LogP contribution is 2.49. The van der Waals surface area contributed by atoms with Crippen molar-refractivity contribution in [1.29, 1.82) is 0 Å². The third-order valence-corrected chi connectivity index (χ3v) is 5.67. The molecule has 1 N–H and O–H groups in total. The van der Waals surface area contributed by atoms with Gasteiger partial charge in [0.25, 0.3) is 0 Å². The van der Waals surface area contributed by atoms with E-state index in [9.17, 15) is 4.57 Å². The Bertz CT molecular complexity index is 910. The van der Waals surface area contributed by atoms with Crippen molar-refractivity contribution in [3.05, 3.63) is 88.4 Å². The zero-order chi connectivity index (χ0) is 18.6. The van der Waals surface area contributed by atoms with Crippen LogP contribution in [-0.4, -0.2) is 0 Å². The summed E-state index contributed by atoms with van der Waals surface area (Å²) in [7, 11) is -3.73. The van der Waals surface area contributed by atoms with Crippen molar-refractivity contribution >= 4 is 29.4 Å². The van der Waals surface area contributed by atoms with Gasteiger partial charge in [0.2, 0.25) is 0 Å². The van der Waals surface area contributed by atoms with E-state index in [0.29, 0.717) is 17.2 Å². The van der Waals surface area contributed by atoms with Crippen LogP contribution in [0.15, 0.2) is 77.3 Å². The Kier molecular flexibility index (Phi) is 5.70. The van der Waals surface area contributed by atoms with Gasteiger partial charge in [-0.3, -0.25) is 5.09 Å². The second-order valence-electron chi connectivity index (χ2n) is 5.90.